The quantitative estimate of drug-likeness (QED) is 0.559. The lowest BCUT2D eigenvalue weighted by atomic mass is 10.4. The number of aliphatic carboxylic acids is 3. The highest BCUT2D eigenvalue weighted by Gasteiger charge is 2.01. The first kappa shape index (κ1) is 19.9. The predicted molar refractivity (Wildman–Crippen MR) is 55.2 cm³/mol. The lowest BCUT2D eigenvalue weighted by Crippen LogP contribution is -2.13. The van der Waals surface area contributed by atoms with Gasteiger partial charge in [0.25, 0.3) is 0 Å². The summed E-state index contributed by atoms with van der Waals surface area (Å²) in [5.41, 5.74) is 0. The van der Waals surface area contributed by atoms with Gasteiger partial charge in [0, 0.05) is 12.8 Å². The van der Waals surface area contributed by atoms with Gasteiger partial charge in [-0.3, -0.25) is 9.59 Å². The molecule has 0 amide bonds. The Morgan fingerprint density at radius 1 is 0.938 bits per heavy atom. The summed E-state index contributed by atoms with van der Waals surface area (Å²) in [5.74, 6) is -2.68. The zero-order valence-electron chi connectivity index (χ0n) is 9.51. The normalized spacial score (nSPS) is 9.75. The van der Waals surface area contributed by atoms with Crippen LogP contribution in [0.2, 0.25) is 0 Å². The Morgan fingerprint density at radius 3 is 1.06 bits per heavy atom. The highest BCUT2D eigenvalue weighted by atomic mass is 16.4. The molecule has 96 valence electrons. The molecular weight excluding hydrogens is 220 g/mol. The van der Waals surface area contributed by atoms with Gasteiger partial charge in [0.15, 0.2) is 0 Å². The number of aliphatic hydroxyl groups is 1. The summed E-state index contributed by atoms with van der Waals surface area (Å²) in [7, 11) is 0. The van der Waals surface area contributed by atoms with Crippen LogP contribution in [-0.4, -0.2) is 44.4 Å². The monoisotopic (exact) mass is 238 g/mol. The third kappa shape index (κ3) is 39.4. The first-order valence-corrected chi connectivity index (χ1v) is 4.53. The summed E-state index contributed by atoms with van der Waals surface area (Å²) in [4.78, 5) is 28.2. The zero-order chi connectivity index (χ0) is 13.7. The van der Waals surface area contributed by atoms with Gasteiger partial charge in [-0.15, -0.1) is 0 Å². The van der Waals surface area contributed by atoms with E-state index in [1.165, 1.54) is 6.92 Å². The van der Waals surface area contributed by atoms with Crippen molar-refractivity contribution in [2.75, 3.05) is 0 Å². The summed E-state index contributed by atoms with van der Waals surface area (Å²) < 4.78 is 0. The molecule has 0 rings (SSSR count). The first-order valence-electron chi connectivity index (χ1n) is 4.53. The minimum Gasteiger partial charge on any atom is -0.481 e. The fourth-order valence-corrected chi connectivity index (χ4v) is 0. The Labute approximate surface area is 93.3 Å². The third-order valence-corrected chi connectivity index (χ3v) is 0.962. The molecule has 4 N–H and O–H groups in total. The van der Waals surface area contributed by atoms with Crippen LogP contribution in [0.25, 0.3) is 0 Å². The van der Waals surface area contributed by atoms with Crippen LogP contribution in [0.5, 0.6) is 0 Å². The lowest BCUT2D eigenvalue weighted by molar-refractivity contribution is -0.145. The number of rotatable bonds is 3. The predicted octanol–water partition coefficient (Wildman–Crippen LogP) is 0.414. The Kier molecular flexibility index (Phi) is 16.6. The van der Waals surface area contributed by atoms with E-state index in [1.807, 2.05) is 0 Å². The van der Waals surface area contributed by atoms with Gasteiger partial charge in [-0.05, 0) is 6.92 Å². The van der Waals surface area contributed by atoms with Crippen LogP contribution >= 0.6 is 0 Å². The molecule has 0 saturated heterocycles. The van der Waals surface area contributed by atoms with E-state index < -0.39 is 24.0 Å². The maximum absolute atomic E-state index is 9.45. The van der Waals surface area contributed by atoms with Crippen molar-refractivity contribution in [1.29, 1.82) is 0 Å². The van der Waals surface area contributed by atoms with Gasteiger partial charge < -0.3 is 20.4 Å². The smallest absolute Gasteiger partial charge is 0.332 e. The second-order valence-corrected chi connectivity index (χ2v) is 2.51. The third-order valence-electron chi connectivity index (χ3n) is 0.962. The highest BCUT2D eigenvalue weighted by Crippen LogP contribution is 1.73. The fraction of sp³-hybridized carbons (Fsp3) is 0.667. The molecule has 0 aliphatic rings. The second-order valence-electron chi connectivity index (χ2n) is 2.51. The largest absolute Gasteiger partial charge is 0.481 e. The number of aliphatic hydroxyl groups excluding tert-OH is 1. The van der Waals surface area contributed by atoms with Crippen molar-refractivity contribution in [3.8, 4) is 0 Å². The SMILES string of the molecule is CC(O)C(=O)O.CCC(=O)O.CCC(=O)O. The maximum atomic E-state index is 9.45. The Morgan fingerprint density at radius 2 is 1.06 bits per heavy atom. The van der Waals surface area contributed by atoms with Crippen LogP contribution in [0.1, 0.15) is 33.6 Å². The van der Waals surface area contributed by atoms with Crippen molar-refractivity contribution in [1.82, 2.24) is 0 Å². The summed E-state index contributed by atoms with van der Waals surface area (Å²) >= 11 is 0. The van der Waals surface area contributed by atoms with E-state index in [-0.39, 0.29) is 12.8 Å². The molecule has 0 heterocycles. The molecule has 0 aliphatic carbocycles. The van der Waals surface area contributed by atoms with Crippen LogP contribution < -0.4 is 0 Å². The zero-order valence-corrected chi connectivity index (χ0v) is 9.51. The van der Waals surface area contributed by atoms with Crippen LogP contribution in [0, 0.1) is 0 Å². The van der Waals surface area contributed by atoms with E-state index in [1.54, 1.807) is 13.8 Å². The number of carboxylic acid groups (broad SMARTS) is 3. The molecule has 0 aliphatic heterocycles. The molecule has 7 heteroatoms. The van der Waals surface area contributed by atoms with Gasteiger partial charge in [0.05, 0.1) is 0 Å². The molecule has 0 spiro atoms. The maximum Gasteiger partial charge on any atom is 0.332 e. The first-order chi connectivity index (χ1) is 7.18. The summed E-state index contributed by atoms with van der Waals surface area (Å²) in [6, 6.07) is 0. The molecule has 0 aromatic carbocycles. The summed E-state index contributed by atoms with van der Waals surface area (Å²) in [5, 5.41) is 31.2. The summed E-state index contributed by atoms with van der Waals surface area (Å²) in [6.45, 7) is 4.40. The van der Waals surface area contributed by atoms with E-state index in [2.05, 4.69) is 0 Å². The lowest BCUT2D eigenvalue weighted by Gasteiger charge is -1.89. The standard InChI is InChI=1S/C3H6O3.2C3H6O2/c1-2(4)3(5)6;2*1-2-3(4)5/h2,4H,1H3,(H,5,6);2*2H2,1H3,(H,4,5). The minimum atomic E-state index is -1.23. The average Bonchev–Trinajstić information content (AvgIpc) is 2.19. The molecule has 1 unspecified atom stereocenters. The van der Waals surface area contributed by atoms with Gasteiger partial charge in [-0.2, -0.15) is 0 Å². The number of carboxylic acids is 3. The number of hydrogen-bond acceptors (Lipinski definition) is 4. The van der Waals surface area contributed by atoms with E-state index in [0.29, 0.717) is 0 Å². The molecule has 16 heavy (non-hydrogen) atoms. The van der Waals surface area contributed by atoms with Gasteiger partial charge >= 0.3 is 17.9 Å². The van der Waals surface area contributed by atoms with Gasteiger partial charge in [0.2, 0.25) is 0 Å². The molecule has 0 aromatic heterocycles. The van der Waals surface area contributed by atoms with Crippen molar-refractivity contribution in [2.45, 2.75) is 39.7 Å². The van der Waals surface area contributed by atoms with E-state index in [4.69, 9.17) is 20.4 Å². The van der Waals surface area contributed by atoms with Crippen LogP contribution in [0.4, 0.5) is 0 Å². The van der Waals surface area contributed by atoms with Crippen LogP contribution in [0.15, 0.2) is 0 Å². The fourth-order valence-electron chi connectivity index (χ4n) is 0. The van der Waals surface area contributed by atoms with Gasteiger partial charge in [0.1, 0.15) is 6.10 Å². The van der Waals surface area contributed by atoms with E-state index >= 15 is 0 Å². The van der Waals surface area contributed by atoms with Crippen LogP contribution in [0.3, 0.4) is 0 Å². The highest BCUT2D eigenvalue weighted by molar-refractivity contribution is 5.71. The van der Waals surface area contributed by atoms with Crippen molar-refractivity contribution < 1.29 is 34.8 Å². The number of hydrogen-bond donors (Lipinski definition) is 4. The Hall–Kier alpha value is -1.63. The van der Waals surface area contributed by atoms with Gasteiger partial charge in [-0.1, -0.05) is 13.8 Å². The van der Waals surface area contributed by atoms with Gasteiger partial charge in [-0.25, -0.2) is 4.79 Å². The minimum absolute atomic E-state index is 0.222. The topological polar surface area (TPSA) is 132 Å². The molecule has 7 nitrogen and oxygen atoms in total. The molecule has 1 atom stereocenters. The molecule has 0 radical (unpaired) electrons. The molecular formula is C9H18O7. The molecule has 0 fully saturated rings. The molecule has 0 saturated carbocycles. The Bertz CT molecular complexity index is 196. The summed E-state index contributed by atoms with van der Waals surface area (Å²) in [6.07, 6.45) is -0.787. The second kappa shape index (κ2) is 13.4. The number of carbonyl (C=O) groups is 3. The Balaban J connectivity index is -0.000000160. The van der Waals surface area contributed by atoms with E-state index in [9.17, 15) is 14.4 Å². The van der Waals surface area contributed by atoms with Crippen molar-refractivity contribution in [3.05, 3.63) is 0 Å². The molecule has 0 aromatic rings. The molecule has 0 bridgehead atoms. The van der Waals surface area contributed by atoms with Crippen molar-refractivity contribution >= 4 is 17.9 Å². The van der Waals surface area contributed by atoms with E-state index in [0.717, 1.165) is 0 Å². The van der Waals surface area contributed by atoms with Crippen molar-refractivity contribution in [3.63, 3.8) is 0 Å². The average molecular weight is 238 g/mol. The van der Waals surface area contributed by atoms with Crippen LogP contribution in [-0.2, 0) is 14.4 Å². The van der Waals surface area contributed by atoms with Crippen molar-refractivity contribution in [2.24, 2.45) is 0 Å².